The number of nitrogens with zero attached hydrogens (tertiary/aromatic N) is 1. The number of hydrogen-bond acceptors (Lipinski definition) is 6. The van der Waals surface area contributed by atoms with Crippen molar-refractivity contribution in [3.8, 4) is 5.75 Å². The zero-order valence-electron chi connectivity index (χ0n) is 10.1. The monoisotopic (exact) mass is 254 g/mol. The summed E-state index contributed by atoms with van der Waals surface area (Å²) in [5.41, 5.74) is 6.11. The summed E-state index contributed by atoms with van der Waals surface area (Å²) in [6, 6.07) is 3.48. The van der Waals surface area contributed by atoms with Crippen LogP contribution in [0, 0.1) is 17.0 Å². The second-order valence-corrected chi connectivity index (χ2v) is 3.67. The highest BCUT2D eigenvalue weighted by molar-refractivity contribution is 5.75. The molecular weight excluding hydrogens is 240 g/mol. The van der Waals surface area contributed by atoms with Crippen molar-refractivity contribution in [2.75, 3.05) is 13.7 Å². The summed E-state index contributed by atoms with van der Waals surface area (Å²) in [5.74, 6) is -0.551. The van der Waals surface area contributed by atoms with Crippen LogP contribution in [0.5, 0.6) is 5.75 Å². The molecule has 0 saturated heterocycles. The van der Waals surface area contributed by atoms with Gasteiger partial charge in [-0.05, 0) is 18.6 Å². The predicted molar refractivity (Wildman–Crippen MR) is 63.3 cm³/mol. The average Bonchev–Trinajstić information content (AvgIpc) is 2.34. The van der Waals surface area contributed by atoms with E-state index in [1.807, 2.05) is 0 Å². The number of nitro groups is 1. The van der Waals surface area contributed by atoms with Crippen LogP contribution < -0.4 is 10.5 Å². The molecule has 0 aliphatic heterocycles. The van der Waals surface area contributed by atoms with Gasteiger partial charge in [0, 0.05) is 6.07 Å². The van der Waals surface area contributed by atoms with Gasteiger partial charge in [0.25, 0.3) is 0 Å². The van der Waals surface area contributed by atoms with Gasteiger partial charge in [0.1, 0.15) is 12.6 Å². The van der Waals surface area contributed by atoms with Crippen LogP contribution in [-0.4, -0.2) is 30.7 Å². The Morgan fingerprint density at radius 1 is 1.56 bits per heavy atom. The van der Waals surface area contributed by atoms with E-state index >= 15 is 0 Å². The molecule has 7 nitrogen and oxygen atoms in total. The average molecular weight is 254 g/mol. The highest BCUT2D eigenvalue weighted by Crippen LogP contribution is 2.27. The van der Waals surface area contributed by atoms with Crippen LogP contribution in [0.1, 0.15) is 5.56 Å². The number of carbonyl (C=O) groups excluding carboxylic acids is 1. The van der Waals surface area contributed by atoms with Crippen LogP contribution >= 0.6 is 0 Å². The normalized spacial score (nSPS) is 11.7. The third-order valence-electron chi connectivity index (χ3n) is 2.23. The lowest BCUT2D eigenvalue weighted by molar-refractivity contribution is -0.385. The molecule has 0 fully saturated rings. The molecule has 1 aromatic carbocycles. The number of nitro benzene ring substituents is 1. The molecule has 0 aliphatic carbocycles. The van der Waals surface area contributed by atoms with E-state index in [0.29, 0.717) is 0 Å². The van der Waals surface area contributed by atoms with E-state index in [4.69, 9.17) is 10.5 Å². The molecule has 0 bridgehead atoms. The number of nitrogens with two attached hydrogens (primary N) is 1. The first kappa shape index (κ1) is 13.9. The van der Waals surface area contributed by atoms with Gasteiger partial charge in [-0.15, -0.1) is 0 Å². The molecule has 1 rings (SSSR count). The van der Waals surface area contributed by atoms with E-state index in [0.717, 1.165) is 5.56 Å². The van der Waals surface area contributed by atoms with Gasteiger partial charge in [-0.2, -0.15) is 0 Å². The lowest BCUT2D eigenvalue weighted by atomic mass is 10.2. The number of carbonyl (C=O) groups is 1. The van der Waals surface area contributed by atoms with Crippen molar-refractivity contribution in [1.29, 1.82) is 0 Å². The van der Waals surface area contributed by atoms with Crippen LogP contribution in [0.15, 0.2) is 18.2 Å². The Morgan fingerprint density at radius 2 is 2.22 bits per heavy atom. The van der Waals surface area contributed by atoms with E-state index in [-0.39, 0.29) is 18.0 Å². The number of esters is 1. The molecule has 1 atom stereocenters. The third-order valence-corrected chi connectivity index (χ3v) is 2.23. The van der Waals surface area contributed by atoms with Crippen molar-refractivity contribution < 1.29 is 19.2 Å². The van der Waals surface area contributed by atoms with Gasteiger partial charge in [-0.3, -0.25) is 14.9 Å². The van der Waals surface area contributed by atoms with Gasteiger partial charge in [-0.1, -0.05) is 6.07 Å². The minimum atomic E-state index is -0.977. The highest BCUT2D eigenvalue weighted by atomic mass is 16.6. The molecule has 0 amide bonds. The van der Waals surface area contributed by atoms with Crippen molar-refractivity contribution >= 4 is 11.7 Å². The molecule has 0 radical (unpaired) electrons. The molecule has 0 saturated carbocycles. The molecule has 7 heteroatoms. The van der Waals surface area contributed by atoms with Gasteiger partial charge < -0.3 is 15.2 Å². The fourth-order valence-corrected chi connectivity index (χ4v) is 1.29. The van der Waals surface area contributed by atoms with Gasteiger partial charge in [0.2, 0.25) is 0 Å². The van der Waals surface area contributed by atoms with Crippen LogP contribution in [0.4, 0.5) is 5.69 Å². The Labute approximate surface area is 104 Å². The molecule has 0 aromatic heterocycles. The maximum atomic E-state index is 11.1. The summed E-state index contributed by atoms with van der Waals surface area (Å²) in [4.78, 5) is 21.3. The maximum Gasteiger partial charge on any atom is 0.326 e. The lowest BCUT2D eigenvalue weighted by Gasteiger charge is -2.11. The van der Waals surface area contributed by atoms with Gasteiger partial charge in [0.15, 0.2) is 5.75 Å². The quantitative estimate of drug-likeness (QED) is 0.473. The van der Waals surface area contributed by atoms with Crippen LogP contribution in [0.3, 0.4) is 0 Å². The second-order valence-electron chi connectivity index (χ2n) is 3.67. The van der Waals surface area contributed by atoms with Crippen LogP contribution in [0.25, 0.3) is 0 Å². The summed E-state index contributed by atoms with van der Waals surface area (Å²) < 4.78 is 9.62. The standard InChI is InChI=1S/C11H14N2O5/c1-7-3-4-9(13(15)16)10(5-7)18-6-8(12)11(14)17-2/h3-5,8H,6,12H2,1-2H3. The fraction of sp³-hybridized carbons (Fsp3) is 0.364. The van der Waals surface area contributed by atoms with E-state index < -0.39 is 16.9 Å². The van der Waals surface area contributed by atoms with Crippen molar-refractivity contribution in [3.63, 3.8) is 0 Å². The molecule has 0 aliphatic rings. The second kappa shape index (κ2) is 5.97. The maximum absolute atomic E-state index is 11.1. The Hall–Kier alpha value is -2.15. The number of hydrogen-bond donors (Lipinski definition) is 1. The van der Waals surface area contributed by atoms with Gasteiger partial charge in [-0.25, -0.2) is 0 Å². The van der Waals surface area contributed by atoms with Gasteiger partial charge >= 0.3 is 11.7 Å². The zero-order valence-corrected chi connectivity index (χ0v) is 10.1. The summed E-state index contributed by atoms with van der Waals surface area (Å²) >= 11 is 0. The first-order valence-corrected chi connectivity index (χ1v) is 5.17. The van der Waals surface area contributed by atoms with E-state index in [1.165, 1.54) is 19.2 Å². The molecule has 18 heavy (non-hydrogen) atoms. The third kappa shape index (κ3) is 3.42. The number of aryl methyl sites for hydroxylation is 1. The lowest BCUT2D eigenvalue weighted by Crippen LogP contribution is -2.37. The Morgan fingerprint density at radius 3 is 2.78 bits per heavy atom. The number of rotatable bonds is 5. The smallest absolute Gasteiger partial charge is 0.326 e. The van der Waals surface area contributed by atoms with Crippen molar-refractivity contribution in [2.24, 2.45) is 5.73 Å². The molecular formula is C11H14N2O5. The minimum absolute atomic E-state index is 0.0827. The highest BCUT2D eigenvalue weighted by Gasteiger charge is 2.19. The van der Waals surface area contributed by atoms with E-state index in [9.17, 15) is 14.9 Å². The van der Waals surface area contributed by atoms with E-state index in [2.05, 4.69) is 4.74 Å². The van der Waals surface area contributed by atoms with Crippen LogP contribution in [-0.2, 0) is 9.53 Å². The Kier molecular flexibility index (Phi) is 4.61. The first-order chi connectivity index (χ1) is 8.45. The summed E-state index contributed by atoms with van der Waals surface area (Å²) in [6.45, 7) is 1.59. The Balaban J connectivity index is 2.80. The molecule has 98 valence electrons. The SMILES string of the molecule is COC(=O)C(N)COc1cc(C)ccc1[N+](=O)[O-]. The summed E-state index contributed by atoms with van der Waals surface area (Å²) in [5, 5.41) is 10.8. The van der Waals surface area contributed by atoms with Gasteiger partial charge in [0.05, 0.1) is 12.0 Å². The largest absolute Gasteiger partial charge is 0.485 e. The number of methoxy groups -OCH3 is 1. The predicted octanol–water partition coefficient (Wildman–Crippen LogP) is 0.782. The van der Waals surface area contributed by atoms with E-state index in [1.54, 1.807) is 13.0 Å². The first-order valence-electron chi connectivity index (χ1n) is 5.17. The Bertz CT molecular complexity index is 461. The zero-order chi connectivity index (χ0) is 13.7. The molecule has 1 aromatic rings. The van der Waals surface area contributed by atoms with Crippen molar-refractivity contribution in [1.82, 2.24) is 0 Å². The topological polar surface area (TPSA) is 105 Å². The van der Waals surface area contributed by atoms with Crippen LogP contribution in [0.2, 0.25) is 0 Å². The van der Waals surface area contributed by atoms with Crippen molar-refractivity contribution in [2.45, 2.75) is 13.0 Å². The molecule has 0 spiro atoms. The number of ether oxygens (including phenoxy) is 2. The summed E-state index contributed by atoms with van der Waals surface area (Å²) in [6.07, 6.45) is 0. The minimum Gasteiger partial charge on any atom is -0.485 e. The molecule has 2 N–H and O–H groups in total. The van der Waals surface area contributed by atoms with Crippen molar-refractivity contribution in [3.05, 3.63) is 33.9 Å². The number of benzene rings is 1. The molecule has 0 heterocycles. The fourth-order valence-electron chi connectivity index (χ4n) is 1.29. The summed E-state index contributed by atoms with van der Waals surface area (Å²) in [7, 11) is 1.21. The molecule has 1 unspecified atom stereocenters.